The van der Waals surface area contributed by atoms with Crippen LogP contribution in [0, 0.1) is 0 Å². The molecule has 0 fully saturated rings. The van der Waals surface area contributed by atoms with Crippen molar-refractivity contribution in [2.24, 2.45) is 0 Å². The maximum Gasteiger partial charge on any atom is 0.221 e. The highest BCUT2D eigenvalue weighted by atomic mass is 16.4. The molecule has 0 aliphatic rings. The van der Waals surface area contributed by atoms with Crippen molar-refractivity contribution in [3.63, 3.8) is 0 Å². The van der Waals surface area contributed by atoms with Gasteiger partial charge in [-0.05, 0) is 18.2 Å². The lowest BCUT2D eigenvalue weighted by Crippen LogP contribution is -2.36. The number of hydrogen-bond acceptors (Lipinski definition) is 8. The van der Waals surface area contributed by atoms with Crippen LogP contribution in [0.25, 0.3) is 10.9 Å². The molecule has 0 aliphatic carbocycles. The van der Waals surface area contributed by atoms with Crippen LogP contribution in [-0.4, -0.2) is 27.8 Å². The van der Waals surface area contributed by atoms with E-state index < -0.39 is 17.5 Å². The van der Waals surface area contributed by atoms with Crippen molar-refractivity contribution in [2.45, 2.75) is 6.92 Å². The van der Waals surface area contributed by atoms with Gasteiger partial charge in [0.15, 0.2) is 0 Å². The Morgan fingerprint density at radius 2 is 1.83 bits per heavy atom. The molecule has 2 aromatic rings. The summed E-state index contributed by atoms with van der Waals surface area (Å²) in [6.07, 6.45) is 1.92. The predicted octanol–water partition coefficient (Wildman–Crippen LogP) is -1.62. The van der Waals surface area contributed by atoms with Crippen molar-refractivity contribution in [1.82, 2.24) is 9.97 Å². The third-order valence-electron chi connectivity index (χ3n) is 2.75. The van der Waals surface area contributed by atoms with Gasteiger partial charge in [0.25, 0.3) is 0 Å². The van der Waals surface area contributed by atoms with Crippen molar-refractivity contribution in [2.75, 3.05) is 10.6 Å². The molecule has 0 radical (unpaired) electrons. The number of hydrogen-bond donors (Lipinski definition) is 2. The number of aromatic nitrogens is 2. The van der Waals surface area contributed by atoms with Crippen LogP contribution in [0.2, 0.25) is 0 Å². The Kier molecular flexibility index (Phi) is 4.50. The van der Waals surface area contributed by atoms with Gasteiger partial charge in [0.1, 0.15) is 12.1 Å². The summed E-state index contributed by atoms with van der Waals surface area (Å²) in [5.74, 6) is -3.90. The molecule has 2 rings (SSSR count). The van der Waals surface area contributed by atoms with E-state index in [0.717, 1.165) is 0 Å². The van der Waals surface area contributed by atoms with Crippen LogP contribution < -0.4 is 20.8 Å². The molecular weight excluding hydrogens is 304 g/mol. The first-order valence-electron chi connectivity index (χ1n) is 6.30. The Bertz CT molecular complexity index is 815. The molecule has 0 bridgehead atoms. The second-order valence-electron chi connectivity index (χ2n) is 4.41. The number of rotatable bonds is 5. The SMILES string of the molecule is CC(=O)Nc1ccc2ncnc(NC=C(C(=O)[O-])C(=O)[O-])c2c1. The molecule has 2 N–H and O–H groups in total. The van der Waals surface area contributed by atoms with Crippen LogP contribution in [-0.2, 0) is 14.4 Å². The Morgan fingerprint density at radius 1 is 1.13 bits per heavy atom. The quantitative estimate of drug-likeness (QED) is 0.380. The number of anilines is 2. The zero-order valence-electron chi connectivity index (χ0n) is 11.8. The van der Waals surface area contributed by atoms with Crippen molar-refractivity contribution >= 4 is 40.3 Å². The molecule has 23 heavy (non-hydrogen) atoms. The normalized spacial score (nSPS) is 9.96. The second kappa shape index (κ2) is 6.52. The number of carboxylic acids is 2. The first-order chi connectivity index (χ1) is 10.9. The zero-order valence-corrected chi connectivity index (χ0v) is 11.8. The molecule has 1 amide bonds. The molecule has 1 heterocycles. The number of aliphatic carboxylic acids is 2. The fourth-order valence-corrected chi connectivity index (χ4v) is 1.79. The Balaban J connectivity index is 2.43. The minimum absolute atomic E-state index is 0.155. The van der Waals surface area contributed by atoms with Gasteiger partial charge in [-0.3, -0.25) is 4.79 Å². The molecule has 0 saturated heterocycles. The lowest BCUT2D eigenvalue weighted by Gasteiger charge is -2.11. The summed E-state index contributed by atoms with van der Waals surface area (Å²) in [6, 6.07) is 4.81. The summed E-state index contributed by atoms with van der Waals surface area (Å²) in [5, 5.41) is 26.9. The van der Waals surface area contributed by atoms with Crippen LogP contribution in [0.5, 0.6) is 0 Å². The van der Waals surface area contributed by atoms with Gasteiger partial charge in [-0.25, -0.2) is 9.97 Å². The summed E-state index contributed by atoms with van der Waals surface area (Å²) >= 11 is 0. The van der Waals surface area contributed by atoms with Crippen molar-refractivity contribution in [3.05, 3.63) is 36.3 Å². The molecule has 0 saturated carbocycles. The van der Waals surface area contributed by atoms with Crippen LogP contribution in [0.3, 0.4) is 0 Å². The summed E-state index contributed by atoms with van der Waals surface area (Å²) in [6.45, 7) is 1.35. The van der Waals surface area contributed by atoms with Crippen LogP contribution >= 0.6 is 0 Å². The summed E-state index contributed by atoms with van der Waals surface area (Å²) in [7, 11) is 0. The van der Waals surface area contributed by atoms with E-state index in [0.29, 0.717) is 22.8 Å². The van der Waals surface area contributed by atoms with E-state index in [9.17, 15) is 24.6 Å². The predicted molar refractivity (Wildman–Crippen MR) is 75.6 cm³/mol. The van der Waals surface area contributed by atoms with Crippen molar-refractivity contribution in [3.8, 4) is 0 Å². The molecule has 0 atom stereocenters. The second-order valence-corrected chi connectivity index (χ2v) is 4.41. The molecule has 1 aromatic heterocycles. The average molecular weight is 314 g/mol. The molecular formula is C14H10N4O5-2. The number of carboxylic acid groups (broad SMARTS) is 2. The van der Waals surface area contributed by atoms with Gasteiger partial charge >= 0.3 is 0 Å². The molecule has 0 aliphatic heterocycles. The number of fused-ring (bicyclic) bond motifs is 1. The number of nitrogens with one attached hydrogen (secondary N) is 2. The third kappa shape index (κ3) is 3.79. The largest absolute Gasteiger partial charge is 0.545 e. The molecule has 1 aromatic carbocycles. The highest BCUT2D eigenvalue weighted by Gasteiger charge is 2.06. The van der Waals surface area contributed by atoms with E-state index in [1.165, 1.54) is 13.3 Å². The lowest BCUT2D eigenvalue weighted by molar-refractivity contribution is -0.312. The smallest absolute Gasteiger partial charge is 0.221 e. The number of benzene rings is 1. The first-order valence-corrected chi connectivity index (χ1v) is 6.30. The summed E-state index contributed by atoms with van der Waals surface area (Å²) < 4.78 is 0. The molecule has 9 nitrogen and oxygen atoms in total. The topological polar surface area (TPSA) is 147 Å². The first kappa shape index (κ1) is 15.9. The Labute approximate surface area is 129 Å². The van der Waals surface area contributed by atoms with E-state index in [1.54, 1.807) is 18.2 Å². The summed E-state index contributed by atoms with van der Waals surface area (Å²) in [5.41, 5.74) is -0.0740. The molecule has 118 valence electrons. The van der Waals surface area contributed by atoms with E-state index >= 15 is 0 Å². The monoisotopic (exact) mass is 314 g/mol. The molecule has 9 heteroatoms. The summed E-state index contributed by atoms with van der Waals surface area (Å²) in [4.78, 5) is 40.4. The number of amides is 1. The van der Waals surface area contributed by atoms with Gasteiger partial charge in [0.2, 0.25) is 5.91 Å². The van der Waals surface area contributed by atoms with Gasteiger partial charge in [-0.15, -0.1) is 0 Å². The van der Waals surface area contributed by atoms with Crippen molar-refractivity contribution < 1.29 is 24.6 Å². The number of nitrogens with zero attached hydrogens (tertiary/aromatic N) is 2. The van der Waals surface area contributed by atoms with Gasteiger partial charge in [-0.2, -0.15) is 0 Å². The number of carbonyl (C=O) groups excluding carboxylic acids is 3. The zero-order chi connectivity index (χ0) is 17.0. The fraction of sp³-hybridized carbons (Fsp3) is 0.0714. The van der Waals surface area contributed by atoms with Gasteiger partial charge < -0.3 is 30.4 Å². The molecule has 0 spiro atoms. The van der Waals surface area contributed by atoms with Gasteiger partial charge in [0, 0.05) is 29.8 Å². The Hall–Kier alpha value is -3.49. The van der Waals surface area contributed by atoms with E-state index in [4.69, 9.17) is 0 Å². The molecule has 0 unspecified atom stereocenters. The minimum Gasteiger partial charge on any atom is -0.545 e. The standard InChI is InChI=1S/C14H12N4O5/c1-7(19)18-8-2-3-11-9(4-8)12(17-6-16-11)15-5-10(13(20)21)14(22)23/h2-6H,1H3,(H,18,19)(H,20,21)(H,22,23)(H,15,16,17)/p-2. The van der Waals surface area contributed by atoms with Crippen LogP contribution in [0.15, 0.2) is 36.3 Å². The number of carbonyl (C=O) groups is 3. The van der Waals surface area contributed by atoms with Crippen LogP contribution in [0.4, 0.5) is 11.5 Å². The van der Waals surface area contributed by atoms with E-state index in [1.807, 2.05) is 0 Å². The average Bonchev–Trinajstić information content (AvgIpc) is 2.46. The minimum atomic E-state index is -1.89. The maximum atomic E-state index is 11.1. The maximum absolute atomic E-state index is 11.1. The van der Waals surface area contributed by atoms with Crippen molar-refractivity contribution in [1.29, 1.82) is 0 Å². The van der Waals surface area contributed by atoms with Gasteiger partial charge in [-0.1, -0.05) is 0 Å². The van der Waals surface area contributed by atoms with E-state index in [2.05, 4.69) is 20.6 Å². The van der Waals surface area contributed by atoms with Crippen LogP contribution in [0.1, 0.15) is 6.92 Å². The van der Waals surface area contributed by atoms with Gasteiger partial charge in [0.05, 0.1) is 17.5 Å². The lowest BCUT2D eigenvalue weighted by atomic mass is 10.2. The highest BCUT2D eigenvalue weighted by molar-refractivity contribution is 6.11. The highest BCUT2D eigenvalue weighted by Crippen LogP contribution is 2.23. The third-order valence-corrected chi connectivity index (χ3v) is 2.75. The van der Waals surface area contributed by atoms with E-state index in [-0.39, 0.29) is 11.7 Å². The Morgan fingerprint density at radius 3 is 2.43 bits per heavy atom. The fourth-order valence-electron chi connectivity index (χ4n) is 1.79.